The SMILES string of the molecule is CC(C)(C)OC(=O)NC(CS(=O)(=O)C(C)(C)C)C(=O)N1C(C#N)C[C@@H]2C[C@@H]21. The van der Waals surface area contributed by atoms with Crippen molar-refractivity contribution in [1.82, 2.24) is 10.2 Å². The topological polar surface area (TPSA) is 117 Å². The largest absolute Gasteiger partial charge is 0.444 e. The summed E-state index contributed by atoms with van der Waals surface area (Å²) in [7, 11) is -3.69. The lowest BCUT2D eigenvalue weighted by Gasteiger charge is -2.30. The molecule has 0 aromatic rings. The van der Waals surface area contributed by atoms with Crippen LogP contribution in [0.4, 0.5) is 4.79 Å². The maximum atomic E-state index is 13.1. The molecule has 1 N–H and O–H groups in total. The van der Waals surface area contributed by atoms with E-state index in [1.807, 2.05) is 0 Å². The third-order valence-electron chi connectivity index (χ3n) is 4.82. The summed E-state index contributed by atoms with van der Waals surface area (Å²) in [5, 5.41) is 11.7. The molecule has 27 heavy (non-hydrogen) atoms. The van der Waals surface area contributed by atoms with Crippen molar-refractivity contribution in [2.75, 3.05) is 5.75 Å². The predicted molar refractivity (Wildman–Crippen MR) is 99.5 cm³/mol. The maximum absolute atomic E-state index is 13.1. The van der Waals surface area contributed by atoms with E-state index in [0.717, 1.165) is 6.42 Å². The highest BCUT2D eigenvalue weighted by Crippen LogP contribution is 2.47. The van der Waals surface area contributed by atoms with E-state index in [1.165, 1.54) is 4.90 Å². The van der Waals surface area contributed by atoms with E-state index in [9.17, 15) is 23.3 Å². The lowest BCUT2D eigenvalue weighted by atomic mass is 10.1. The number of rotatable bonds is 4. The van der Waals surface area contributed by atoms with Crippen LogP contribution in [0.25, 0.3) is 0 Å². The second-order valence-corrected chi connectivity index (χ2v) is 12.1. The summed E-state index contributed by atoms with van der Waals surface area (Å²) in [6.07, 6.45) is 0.553. The quantitative estimate of drug-likeness (QED) is 0.767. The van der Waals surface area contributed by atoms with Crippen molar-refractivity contribution < 1.29 is 22.7 Å². The van der Waals surface area contributed by atoms with Crippen molar-refractivity contribution in [1.29, 1.82) is 5.26 Å². The van der Waals surface area contributed by atoms with E-state index in [2.05, 4.69) is 11.4 Å². The third-order valence-corrected chi connectivity index (χ3v) is 7.45. The molecule has 1 heterocycles. The van der Waals surface area contributed by atoms with Gasteiger partial charge in [-0.1, -0.05) is 0 Å². The third kappa shape index (κ3) is 4.92. The molecule has 8 nitrogen and oxygen atoms in total. The number of ether oxygens (including phenoxy) is 1. The van der Waals surface area contributed by atoms with Gasteiger partial charge in [0.05, 0.1) is 16.6 Å². The van der Waals surface area contributed by atoms with Crippen LogP contribution in [0.15, 0.2) is 0 Å². The molecular formula is C18H29N3O5S. The summed E-state index contributed by atoms with van der Waals surface area (Å²) in [5.41, 5.74) is -0.787. The number of sulfone groups is 1. The summed E-state index contributed by atoms with van der Waals surface area (Å²) < 4.78 is 29.4. The van der Waals surface area contributed by atoms with Crippen LogP contribution in [0.1, 0.15) is 54.4 Å². The number of hydrogen-bond donors (Lipinski definition) is 1. The van der Waals surface area contributed by atoms with Crippen LogP contribution in [-0.2, 0) is 19.4 Å². The van der Waals surface area contributed by atoms with Crippen molar-refractivity contribution in [3.05, 3.63) is 0 Å². The Bertz CT molecular complexity index is 757. The minimum absolute atomic E-state index is 0.0394. The molecular weight excluding hydrogens is 370 g/mol. The number of carbonyl (C=O) groups is 2. The molecule has 0 radical (unpaired) electrons. The van der Waals surface area contributed by atoms with Gasteiger partial charge in [-0.25, -0.2) is 13.2 Å². The van der Waals surface area contributed by atoms with E-state index < -0.39 is 50.0 Å². The molecule has 0 aromatic heterocycles. The fraction of sp³-hybridized carbons (Fsp3) is 0.833. The lowest BCUT2D eigenvalue weighted by molar-refractivity contribution is -0.133. The molecule has 9 heteroatoms. The Labute approximate surface area is 161 Å². The number of piperidine rings is 1. The van der Waals surface area contributed by atoms with E-state index in [0.29, 0.717) is 12.3 Å². The molecule has 0 bridgehead atoms. The molecule has 2 rings (SSSR count). The van der Waals surface area contributed by atoms with Gasteiger partial charge in [0.2, 0.25) is 5.91 Å². The zero-order chi connectivity index (χ0) is 20.8. The van der Waals surface area contributed by atoms with Gasteiger partial charge in [-0.15, -0.1) is 0 Å². The van der Waals surface area contributed by atoms with Gasteiger partial charge in [0.15, 0.2) is 9.84 Å². The van der Waals surface area contributed by atoms with Gasteiger partial charge < -0.3 is 15.0 Å². The molecule has 1 aliphatic carbocycles. The van der Waals surface area contributed by atoms with Gasteiger partial charge in [-0.05, 0) is 60.3 Å². The average molecular weight is 400 g/mol. The van der Waals surface area contributed by atoms with Gasteiger partial charge >= 0.3 is 6.09 Å². The Balaban J connectivity index is 2.25. The summed E-state index contributed by atoms with van der Waals surface area (Å²) in [4.78, 5) is 26.8. The van der Waals surface area contributed by atoms with Crippen molar-refractivity contribution in [3.8, 4) is 6.07 Å². The van der Waals surface area contributed by atoms with Crippen molar-refractivity contribution in [2.45, 2.75) is 82.9 Å². The lowest BCUT2D eigenvalue weighted by Crippen LogP contribution is -2.55. The fourth-order valence-electron chi connectivity index (χ4n) is 3.16. The van der Waals surface area contributed by atoms with Crippen LogP contribution < -0.4 is 5.32 Å². The second-order valence-electron chi connectivity index (χ2n) is 9.28. The Morgan fingerprint density at radius 2 is 1.81 bits per heavy atom. The van der Waals surface area contributed by atoms with E-state index in [1.54, 1.807) is 41.5 Å². The molecule has 2 amide bonds. The first-order chi connectivity index (χ1) is 12.2. The highest BCUT2D eigenvalue weighted by atomic mass is 32.2. The van der Waals surface area contributed by atoms with E-state index in [-0.39, 0.29) is 6.04 Å². The van der Waals surface area contributed by atoms with Crippen LogP contribution in [-0.4, -0.2) is 59.5 Å². The van der Waals surface area contributed by atoms with E-state index in [4.69, 9.17) is 4.74 Å². The standard InChI is InChI=1S/C18H29N3O5S/c1-17(2,3)26-16(23)20-13(10-27(24,25)18(4,5)6)15(22)21-12(9-19)7-11-8-14(11)21/h11-14H,7-8,10H2,1-6H3,(H,20,23)/t11-,12?,13?,14+/m1/s1. The summed E-state index contributed by atoms with van der Waals surface area (Å²) in [5.74, 6) is -0.786. The van der Waals surface area contributed by atoms with Gasteiger partial charge in [0.25, 0.3) is 0 Å². The highest BCUT2D eigenvalue weighted by Gasteiger charge is 2.55. The fourth-order valence-corrected chi connectivity index (χ4v) is 4.33. The number of nitrogens with one attached hydrogen (secondary N) is 1. The Kier molecular flexibility index (Phi) is 5.54. The van der Waals surface area contributed by atoms with Crippen LogP contribution in [0.2, 0.25) is 0 Å². The molecule has 4 atom stereocenters. The van der Waals surface area contributed by atoms with Crippen molar-refractivity contribution >= 4 is 21.8 Å². The van der Waals surface area contributed by atoms with Crippen molar-refractivity contribution in [2.24, 2.45) is 5.92 Å². The van der Waals surface area contributed by atoms with Gasteiger partial charge in [-0.2, -0.15) is 5.26 Å². The summed E-state index contributed by atoms with van der Waals surface area (Å²) in [6.45, 7) is 9.66. The zero-order valence-corrected chi connectivity index (χ0v) is 17.6. The number of alkyl carbamates (subject to hydrolysis) is 1. The first-order valence-corrected chi connectivity index (χ1v) is 10.7. The van der Waals surface area contributed by atoms with E-state index >= 15 is 0 Å². The Morgan fingerprint density at radius 3 is 2.30 bits per heavy atom. The van der Waals surface area contributed by atoms with Gasteiger partial charge in [-0.3, -0.25) is 4.79 Å². The molecule has 1 saturated heterocycles. The number of fused-ring (bicyclic) bond motifs is 1. The molecule has 2 aliphatic rings. The zero-order valence-electron chi connectivity index (χ0n) is 16.8. The Hall–Kier alpha value is -1.82. The number of likely N-dealkylation sites (tertiary alicyclic amines) is 1. The number of amides is 2. The predicted octanol–water partition coefficient (Wildman–Crippen LogP) is 1.61. The number of nitrogens with zero attached hydrogens (tertiary/aromatic N) is 2. The average Bonchev–Trinajstić information content (AvgIpc) is 3.13. The number of carbonyl (C=O) groups excluding carboxylic acids is 2. The summed E-state index contributed by atoms with van der Waals surface area (Å²) >= 11 is 0. The maximum Gasteiger partial charge on any atom is 0.408 e. The molecule has 1 saturated carbocycles. The molecule has 2 fully saturated rings. The van der Waals surface area contributed by atoms with Gasteiger partial charge in [0.1, 0.15) is 17.7 Å². The van der Waals surface area contributed by atoms with Crippen LogP contribution in [0.3, 0.4) is 0 Å². The number of nitriles is 1. The molecule has 2 unspecified atom stereocenters. The summed E-state index contributed by atoms with van der Waals surface area (Å²) in [6, 6.07) is 0.193. The first kappa shape index (κ1) is 21.5. The molecule has 152 valence electrons. The van der Waals surface area contributed by atoms with Crippen LogP contribution in [0, 0.1) is 17.2 Å². The normalized spacial score (nSPS) is 26.0. The molecule has 0 spiro atoms. The Morgan fingerprint density at radius 1 is 1.22 bits per heavy atom. The molecule has 0 aromatic carbocycles. The first-order valence-electron chi connectivity index (χ1n) is 9.10. The minimum Gasteiger partial charge on any atom is -0.444 e. The highest BCUT2D eigenvalue weighted by molar-refractivity contribution is 7.92. The minimum atomic E-state index is -3.69. The second kappa shape index (κ2) is 6.97. The van der Waals surface area contributed by atoms with Crippen LogP contribution >= 0.6 is 0 Å². The van der Waals surface area contributed by atoms with Crippen molar-refractivity contribution in [3.63, 3.8) is 0 Å². The monoisotopic (exact) mass is 399 g/mol. The number of hydrogen-bond acceptors (Lipinski definition) is 6. The molecule has 1 aliphatic heterocycles. The smallest absolute Gasteiger partial charge is 0.408 e. The van der Waals surface area contributed by atoms with Crippen LogP contribution in [0.5, 0.6) is 0 Å². The van der Waals surface area contributed by atoms with Gasteiger partial charge in [0, 0.05) is 6.04 Å².